The van der Waals surface area contributed by atoms with Gasteiger partial charge in [-0.1, -0.05) is 81.0 Å². The summed E-state index contributed by atoms with van der Waals surface area (Å²) in [4.78, 5) is 0. The fourth-order valence-corrected chi connectivity index (χ4v) is 5.94. The molecule has 0 heteroatoms. The molecule has 0 atom stereocenters. The van der Waals surface area contributed by atoms with Gasteiger partial charge in [0.15, 0.2) is 0 Å². The second kappa shape index (κ2) is 12.3. The predicted octanol–water partition coefficient (Wildman–Crippen LogP) is 9.20. The normalized spacial score (nSPS) is 25.5. The van der Waals surface area contributed by atoms with Crippen molar-refractivity contribution in [2.75, 3.05) is 0 Å². The molecule has 2 aliphatic carbocycles. The third-order valence-corrected chi connectivity index (χ3v) is 8.24. The predicted molar refractivity (Wildman–Crippen MR) is 143 cm³/mol. The zero-order valence-corrected chi connectivity index (χ0v) is 20.9. The Balaban J connectivity index is 1.22. The summed E-state index contributed by atoms with van der Waals surface area (Å²) in [6.45, 7) is 4.59. The molecule has 0 bridgehead atoms. The Morgan fingerprint density at radius 2 is 1.30 bits per heavy atom. The van der Waals surface area contributed by atoms with Crippen molar-refractivity contribution in [1.29, 1.82) is 0 Å². The Morgan fingerprint density at radius 3 is 1.88 bits per heavy atom. The van der Waals surface area contributed by atoms with Crippen LogP contribution in [0.5, 0.6) is 0 Å². The molecule has 2 aliphatic rings. The van der Waals surface area contributed by atoms with Gasteiger partial charge in [0.25, 0.3) is 0 Å². The second-order valence-corrected chi connectivity index (χ2v) is 10.5. The average molecular weight is 439 g/mol. The van der Waals surface area contributed by atoms with Gasteiger partial charge in [0.1, 0.15) is 0 Å². The molecule has 0 nitrogen and oxygen atoms in total. The van der Waals surface area contributed by atoms with Crippen LogP contribution in [0.1, 0.15) is 112 Å². The molecule has 0 heterocycles. The minimum Gasteiger partial charge on any atom is -0.0730 e. The first-order valence-electron chi connectivity index (χ1n) is 13.6. The van der Waals surface area contributed by atoms with Gasteiger partial charge < -0.3 is 0 Å². The van der Waals surface area contributed by atoms with E-state index in [0.29, 0.717) is 5.92 Å². The van der Waals surface area contributed by atoms with Crippen LogP contribution in [-0.4, -0.2) is 0 Å². The largest absolute Gasteiger partial charge is 0.0730 e. The Bertz CT molecular complexity index is 918. The minimum atomic E-state index is 0.690. The smallest absolute Gasteiger partial charge is 0.0249 e. The van der Waals surface area contributed by atoms with Gasteiger partial charge >= 0.3 is 0 Å². The van der Waals surface area contributed by atoms with E-state index in [4.69, 9.17) is 0 Å². The zero-order valence-electron chi connectivity index (χ0n) is 20.9. The SMILES string of the molecule is CCCc1ccc([C@H]2CC[C@H](/C=C/C#Cc3ccc([C@H]4CC[C@H](CC)CC4)cc3)CC2)cc1. The van der Waals surface area contributed by atoms with Crippen molar-refractivity contribution in [1.82, 2.24) is 0 Å². The van der Waals surface area contributed by atoms with E-state index in [1.165, 1.54) is 81.8 Å². The van der Waals surface area contributed by atoms with Crippen molar-refractivity contribution in [3.63, 3.8) is 0 Å². The van der Waals surface area contributed by atoms with Gasteiger partial charge in [-0.15, -0.1) is 0 Å². The molecular weight excluding hydrogens is 396 g/mol. The van der Waals surface area contributed by atoms with E-state index in [-0.39, 0.29) is 0 Å². The maximum atomic E-state index is 3.34. The maximum absolute atomic E-state index is 3.34. The maximum Gasteiger partial charge on any atom is 0.0249 e. The molecule has 174 valence electrons. The number of aryl methyl sites for hydroxylation is 1. The van der Waals surface area contributed by atoms with Crippen LogP contribution in [0.4, 0.5) is 0 Å². The van der Waals surface area contributed by atoms with Crippen molar-refractivity contribution < 1.29 is 0 Å². The summed E-state index contributed by atoms with van der Waals surface area (Å²) in [6, 6.07) is 18.5. The van der Waals surface area contributed by atoms with Crippen LogP contribution in [0, 0.1) is 23.7 Å². The number of benzene rings is 2. The third kappa shape index (κ3) is 6.86. The van der Waals surface area contributed by atoms with Crippen LogP contribution in [-0.2, 0) is 6.42 Å². The van der Waals surface area contributed by atoms with Crippen molar-refractivity contribution in [2.24, 2.45) is 11.8 Å². The molecule has 0 amide bonds. The van der Waals surface area contributed by atoms with Crippen molar-refractivity contribution >= 4 is 0 Å². The number of hydrogen-bond acceptors (Lipinski definition) is 0. The van der Waals surface area contributed by atoms with Crippen LogP contribution in [0.25, 0.3) is 0 Å². The molecule has 0 aliphatic heterocycles. The lowest BCUT2D eigenvalue weighted by atomic mass is 9.78. The van der Waals surface area contributed by atoms with E-state index in [9.17, 15) is 0 Å². The summed E-state index contributed by atoms with van der Waals surface area (Å²) >= 11 is 0. The highest BCUT2D eigenvalue weighted by Crippen LogP contribution is 2.37. The van der Waals surface area contributed by atoms with E-state index in [1.807, 2.05) is 0 Å². The lowest BCUT2D eigenvalue weighted by Gasteiger charge is -2.28. The highest BCUT2D eigenvalue weighted by atomic mass is 14.3. The molecule has 2 aromatic carbocycles. The Labute approximate surface area is 202 Å². The van der Waals surface area contributed by atoms with Crippen LogP contribution in [0.3, 0.4) is 0 Å². The molecule has 0 radical (unpaired) electrons. The molecule has 33 heavy (non-hydrogen) atoms. The average Bonchev–Trinajstić information content (AvgIpc) is 2.88. The molecular formula is C33H42. The van der Waals surface area contributed by atoms with E-state index >= 15 is 0 Å². The van der Waals surface area contributed by atoms with Crippen LogP contribution >= 0.6 is 0 Å². The lowest BCUT2D eigenvalue weighted by molar-refractivity contribution is 0.319. The summed E-state index contributed by atoms with van der Waals surface area (Å²) in [5.41, 5.74) is 5.67. The summed E-state index contributed by atoms with van der Waals surface area (Å²) < 4.78 is 0. The summed E-state index contributed by atoms with van der Waals surface area (Å²) in [6.07, 6.45) is 18.9. The van der Waals surface area contributed by atoms with E-state index < -0.39 is 0 Å². The summed E-state index contributed by atoms with van der Waals surface area (Å²) in [7, 11) is 0. The van der Waals surface area contributed by atoms with Gasteiger partial charge in [-0.25, -0.2) is 0 Å². The van der Waals surface area contributed by atoms with Gasteiger partial charge in [-0.05, 0) is 116 Å². The molecule has 0 saturated heterocycles. The topological polar surface area (TPSA) is 0 Å². The fraction of sp³-hybridized carbons (Fsp3) is 0.515. The first-order chi connectivity index (χ1) is 16.2. The Kier molecular flexibility index (Phi) is 8.88. The summed E-state index contributed by atoms with van der Waals surface area (Å²) in [5.74, 6) is 9.80. The standard InChI is InChI=1S/C33H42/c1-3-7-27-12-20-31(21-13-27)33-24-16-29(17-25-33)9-6-5-8-28-14-22-32(23-15-28)30-18-10-26(4-2)11-19-30/h6,9,12-15,20-23,26,29-30,33H,3-4,7,10-11,16-19,24-25H2,1-2H3/b9-6+/t26-,29-,30-,33-. The zero-order chi connectivity index (χ0) is 22.9. The van der Waals surface area contributed by atoms with E-state index in [1.54, 1.807) is 5.56 Å². The second-order valence-electron chi connectivity index (χ2n) is 10.5. The monoisotopic (exact) mass is 438 g/mol. The fourth-order valence-electron chi connectivity index (χ4n) is 5.94. The molecule has 0 aromatic heterocycles. The quantitative estimate of drug-likeness (QED) is 0.394. The van der Waals surface area contributed by atoms with Crippen LogP contribution < -0.4 is 0 Å². The van der Waals surface area contributed by atoms with Gasteiger partial charge in [0.05, 0.1) is 0 Å². The van der Waals surface area contributed by atoms with Crippen molar-refractivity contribution in [2.45, 2.75) is 96.3 Å². The number of hydrogen-bond donors (Lipinski definition) is 0. The van der Waals surface area contributed by atoms with Crippen molar-refractivity contribution in [3.8, 4) is 11.8 Å². The van der Waals surface area contributed by atoms with Gasteiger partial charge in [0.2, 0.25) is 0 Å². The number of rotatable bonds is 6. The van der Waals surface area contributed by atoms with E-state index in [2.05, 4.69) is 86.4 Å². The van der Waals surface area contributed by atoms with Gasteiger partial charge in [-0.3, -0.25) is 0 Å². The number of allylic oxidation sites excluding steroid dienone is 2. The third-order valence-electron chi connectivity index (χ3n) is 8.24. The summed E-state index contributed by atoms with van der Waals surface area (Å²) in [5, 5.41) is 0. The van der Waals surface area contributed by atoms with Crippen LogP contribution in [0.2, 0.25) is 0 Å². The highest BCUT2D eigenvalue weighted by Gasteiger charge is 2.21. The molecule has 0 unspecified atom stereocenters. The van der Waals surface area contributed by atoms with E-state index in [0.717, 1.165) is 23.3 Å². The Hall–Kier alpha value is -2.26. The molecule has 2 aromatic rings. The van der Waals surface area contributed by atoms with Crippen LogP contribution in [0.15, 0.2) is 60.7 Å². The molecule has 0 N–H and O–H groups in total. The van der Waals surface area contributed by atoms with Gasteiger partial charge in [-0.2, -0.15) is 0 Å². The lowest BCUT2D eigenvalue weighted by Crippen LogP contribution is -2.12. The highest BCUT2D eigenvalue weighted by molar-refractivity contribution is 5.39. The van der Waals surface area contributed by atoms with Gasteiger partial charge in [0, 0.05) is 5.56 Å². The molecule has 2 fully saturated rings. The molecule has 2 saturated carbocycles. The first-order valence-corrected chi connectivity index (χ1v) is 13.6. The molecule has 4 rings (SSSR count). The van der Waals surface area contributed by atoms with Crippen molar-refractivity contribution in [3.05, 3.63) is 82.9 Å². The minimum absolute atomic E-state index is 0.690. The molecule has 0 spiro atoms. The first kappa shape index (κ1) is 23.9. The Morgan fingerprint density at radius 1 is 0.727 bits per heavy atom.